The Hall–Kier alpha value is -3.78. The van der Waals surface area contributed by atoms with Crippen LogP contribution in [0, 0.1) is 0 Å². The lowest BCUT2D eigenvalue weighted by Gasteiger charge is -2.18. The highest BCUT2D eigenvalue weighted by molar-refractivity contribution is 7.99. The monoisotopic (exact) mass is 473 g/mol. The van der Waals surface area contributed by atoms with Crippen LogP contribution in [-0.2, 0) is 4.79 Å². The van der Waals surface area contributed by atoms with Gasteiger partial charge in [0.1, 0.15) is 5.75 Å². The summed E-state index contributed by atoms with van der Waals surface area (Å²) in [4.78, 5) is 12.5. The second-order valence-electron chi connectivity index (χ2n) is 7.68. The molecule has 0 unspecified atom stereocenters. The summed E-state index contributed by atoms with van der Waals surface area (Å²) in [5.74, 6) is 7.67. The first-order valence-electron chi connectivity index (χ1n) is 11.0. The molecule has 1 heterocycles. The van der Waals surface area contributed by atoms with Crippen molar-refractivity contribution >= 4 is 17.7 Å². The van der Waals surface area contributed by atoms with Crippen LogP contribution < -0.4 is 15.9 Å². The molecule has 0 aliphatic rings. The zero-order valence-corrected chi connectivity index (χ0v) is 19.7. The van der Waals surface area contributed by atoms with Crippen LogP contribution in [-0.4, -0.2) is 40.2 Å². The summed E-state index contributed by atoms with van der Waals surface area (Å²) in [6.45, 7) is 0.565. The number of nitrogens with two attached hydrogens (primary N) is 1. The Kier molecular flexibility index (Phi) is 7.83. The number of ether oxygens (including phenoxy) is 1. The van der Waals surface area contributed by atoms with Gasteiger partial charge in [0.25, 0.3) is 0 Å². The van der Waals surface area contributed by atoms with Crippen molar-refractivity contribution in [2.24, 2.45) is 0 Å². The second-order valence-corrected chi connectivity index (χ2v) is 8.62. The molecule has 0 aliphatic carbocycles. The van der Waals surface area contributed by atoms with Crippen molar-refractivity contribution in [3.8, 4) is 17.1 Å². The smallest absolute Gasteiger partial charge is 0.230 e. The minimum atomic E-state index is -0.0771. The zero-order chi connectivity index (χ0) is 23.8. The van der Waals surface area contributed by atoms with Crippen LogP contribution in [0.25, 0.3) is 11.4 Å². The van der Waals surface area contributed by atoms with Crippen molar-refractivity contribution in [1.82, 2.24) is 20.2 Å². The standard InChI is InChI=1S/C26H27N5O2S/c1-33-23-15-9-8-14-22(23)25-29-30-26(31(25)27)34-18-24(32)28-17-16-21(19-10-4-2-5-11-19)20-12-6-3-7-13-20/h2-15,21H,16-18,27H2,1H3,(H,28,32). The molecule has 4 rings (SSSR count). The molecule has 1 amide bonds. The predicted molar refractivity (Wildman–Crippen MR) is 135 cm³/mol. The van der Waals surface area contributed by atoms with E-state index in [4.69, 9.17) is 10.6 Å². The highest BCUT2D eigenvalue weighted by Gasteiger charge is 2.17. The highest BCUT2D eigenvalue weighted by Crippen LogP contribution is 2.29. The lowest BCUT2D eigenvalue weighted by molar-refractivity contribution is -0.118. The predicted octanol–water partition coefficient (Wildman–Crippen LogP) is 4.10. The molecule has 0 atom stereocenters. The Morgan fingerprint density at radius 3 is 2.24 bits per heavy atom. The number of nitrogen functional groups attached to an aromatic ring is 1. The normalized spacial score (nSPS) is 10.9. The topological polar surface area (TPSA) is 95.1 Å². The first-order chi connectivity index (χ1) is 16.7. The number of benzene rings is 3. The van der Waals surface area contributed by atoms with E-state index in [1.165, 1.54) is 27.6 Å². The van der Waals surface area contributed by atoms with Crippen LogP contribution in [0.1, 0.15) is 23.5 Å². The number of hydrogen-bond acceptors (Lipinski definition) is 6. The fraction of sp³-hybridized carbons (Fsp3) is 0.192. The molecule has 174 valence electrons. The molecule has 3 aromatic carbocycles. The zero-order valence-electron chi connectivity index (χ0n) is 18.9. The van der Waals surface area contributed by atoms with E-state index in [-0.39, 0.29) is 17.6 Å². The van der Waals surface area contributed by atoms with E-state index in [1.54, 1.807) is 7.11 Å². The molecule has 0 saturated heterocycles. The molecule has 8 heteroatoms. The Morgan fingerprint density at radius 2 is 1.59 bits per heavy atom. The molecule has 34 heavy (non-hydrogen) atoms. The fourth-order valence-corrected chi connectivity index (χ4v) is 4.51. The van der Waals surface area contributed by atoms with Crippen LogP contribution in [0.15, 0.2) is 90.1 Å². The minimum Gasteiger partial charge on any atom is -0.496 e. The molecule has 0 radical (unpaired) electrons. The molecule has 7 nitrogen and oxygen atoms in total. The number of amides is 1. The number of rotatable bonds is 10. The molecule has 0 fully saturated rings. The Bertz CT molecular complexity index is 1170. The van der Waals surface area contributed by atoms with Gasteiger partial charge >= 0.3 is 0 Å². The largest absolute Gasteiger partial charge is 0.496 e. The van der Waals surface area contributed by atoms with Gasteiger partial charge in [-0.15, -0.1) is 10.2 Å². The molecular formula is C26H27N5O2S. The number of hydrogen-bond donors (Lipinski definition) is 2. The molecule has 0 spiro atoms. The van der Waals surface area contributed by atoms with E-state index in [2.05, 4.69) is 39.8 Å². The van der Waals surface area contributed by atoms with E-state index < -0.39 is 0 Å². The van der Waals surface area contributed by atoms with Crippen LogP contribution in [0.2, 0.25) is 0 Å². The quantitative estimate of drug-likeness (QED) is 0.266. The summed E-state index contributed by atoms with van der Waals surface area (Å²) < 4.78 is 6.77. The van der Waals surface area contributed by atoms with Crippen molar-refractivity contribution in [1.29, 1.82) is 0 Å². The summed E-state index contributed by atoms with van der Waals surface area (Å²) in [6.07, 6.45) is 0.801. The third kappa shape index (κ3) is 5.58. The van der Waals surface area contributed by atoms with Gasteiger partial charge in [0.05, 0.1) is 18.4 Å². The summed E-state index contributed by atoms with van der Waals surface area (Å²) in [5.41, 5.74) is 3.21. The lowest BCUT2D eigenvalue weighted by Crippen LogP contribution is -2.27. The average Bonchev–Trinajstić information content (AvgIpc) is 3.26. The summed E-state index contributed by atoms with van der Waals surface area (Å²) in [7, 11) is 1.59. The number of methoxy groups -OCH3 is 1. The lowest BCUT2D eigenvalue weighted by atomic mass is 9.88. The number of carbonyl (C=O) groups is 1. The van der Waals surface area contributed by atoms with Crippen LogP contribution >= 0.6 is 11.8 Å². The van der Waals surface area contributed by atoms with Gasteiger partial charge in [0, 0.05) is 12.5 Å². The number of thioether (sulfide) groups is 1. The van der Waals surface area contributed by atoms with Crippen molar-refractivity contribution in [3.63, 3.8) is 0 Å². The first-order valence-corrected chi connectivity index (χ1v) is 12.0. The van der Waals surface area contributed by atoms with E-state index in [9.17, 15) is 4.79 Å². The van der Waals surface area contributed by atoms with Crippen LogP contribution in [0.5, 0.6) is 5.75 Å². The van der Waals surface area contributed by atoms with Crippen molar-refractivity contribution in [2.75, 3.05) is 25.3 Å². The second kappa shape index (κ2) is 11.4. The minimum absolute atomic E-state index is 0.0771. The van der Waals surface area contributed by atoms with Gasteiger partial charge in [-0.2, -0.15) is 0 Å². The SMILES string of the molecule is COc1ccccc1-c1nnc(SCC(=O)NCCC(c2ccccc2)c2ccccc2)n1N. The van der Waals surface area contributed by atoms with Gasteiger partial charge < -0.3 is 15.9 Å². The Labute approximate surface area is 203 Å². The maximum atomic E-state index is 12.5. The highest BCUT2D eigenvalue weighted by atomic mass is 32.2. The average molecular weight is 474 g/mol. The number of carbonyl (C=O) groups excluding carboxylic acids is 1. The summed E-state index contributed by atoms with van der Waals surface area (Å²) >= 11 is 1.25. The third-order valence-corrected chi connectivity index (χ3v) is 6.45. The molecule has 0 bridgehead atoms. The van der Waals surface area contributed by atoms with Gasteiger partial charge in [-0.1, -0.05) is 84.6 Å². The number of nitrogens with zero attached hydrogens (tertiary/aromatic N) is 3. The summed E-state index contributed by atoms with van der Waals surface area (Å²) in [6, 6.07) is 28.2. The number of nitrogens with one attached hydrogen (secondary N) is 1. The van der Waals surface area contributed by atoms with Gasteiger partial charge in [-0.25, -0.2) is 4.68 Å². The maximum absolute atomic E-state index is 12.5. The van der Waals surface area contributed by atoms with Gasteiger partial charge in [0.15, 0.2) is 5.82 Å². The molecular weight excluding hydrogens is 446 g/mol. The van der Waals surface area contributed by atoms with E-state index in [0.717, 1.165) is 12.0 Å². The Balaban J connectivity index is 1.33. The van der Waals surface area contributed by atoms with Crippen LogP contribution in [0.3, 0.4) is 0 Å². The van der Waals surface area contributed by atoms with E-state index >= 15 is 0 Å². The number of aromatic nitrogens is 3. The molecule has 3 N–H and O–H groups in total. The molecule has 0 aliphatic heterocycles. The van der Waals surface area contributed by atoms with Gasteiger partial charge in [-0.3, -0.25) is 4.79 Å². The Morgan fingerprint density at radius 1 is 0.971 bits per heavy atom. The van der Waals surface area contributed by atoms with Crippen molar-refractivity contribution in [3.05, 3.63) is 96.1 Å². The number of para-hydroxylation sites is 1. The van der Waals surface area contributed by atoms with Gasteiger partial charge in [-0.05, 0) is 29.7 Å². The molecule has 1 aromatic heterocycles. The summed E-state index contributed by atoms with van der Waals surface area (Å²) in [5, 5.41) is 11.8. The van der Waals surface area contributed by atoms with Crippen molar-refractivity contribution < 1.29 is 9.53 Å². The van der Waals surface area contributed by atoms with E-state index in [1.807, 2.05) is 60.7 Å². The maximum Gasteiger partial charge on any atom is 0.230 e. The first kappa shape index (κ1) is 23.4. The molecule has 0 saturated carbocycles. The van der Waals surface area contributed by atoms with Gasteiger partial charge in [0.2, 0.25) is 11.1 Å². The fourth-order valence-electron chi connectivity index (χ4n) is 3.82. The third-order valence-electron chi connectivity index (χ3n) is 5.50. The molecule has 4 aromatic rings. The van der Waals surface area contributed by atoms with Crippen molar-refractivity contribution in [2.45, 2.75) is 17.5 Å². The van der Waals surface area contributed by atoms with Crippen LogP contribution in [0.4, 0.5) is 0 Å². The van der Waals surface area contributed by atoms with E-state index in [0.29, 0.717) is 23.3 Å².